The average Bonchev–Trinajstić information content (AvgIpc) is 3.24. The van der Waals surface area contributed by atoms with Gasteiger partial charge in [0.25, 0.3) is 0 Å². The van der Waals surface area contributed by atoms with Crippen molar-refractivity contribution in [3.63, 3.8) is 0 Å². The highest BCUT2D eigenvalue weighted by atomic mass is 33.1. The molecule has 2 aliphatic rings. The van der Waals surface area contributed by atoms with E-state index in [0.29, 0.717) is 13.0 Å². The largest absolute Gasteiger partial charge is 0.390 e. The van der Waals surface area contributed by atoms with Gasteiger partial charge in [-0.3, -0.25) is 0 Å². The van der Waals surface area contributed by atoms with E-state index in [1.54, 1.807) is 0 Å². The third-order valence-electron chi connectivity index (χ3n) is 4.76. The lowest BCUT2D eigenvalue weighted by atomic mass is 9.90. The highest BCUT2D eigenvalue weighted by Gasteiger charge is 2.26. The molecule has 2 fully saturated rings. The first-order valence-corrected chi connectivity index (χ1v) is 13.6. The Bertz CT molecular complexity index is 312. The summed E-state index contributed by atoms with van der Waals surface area (Å²) in [6, 6.07) is 0. The molecule has 7 heteroatoms. The molecule has 0 saturated carbocycles. The van der Waals surface area contributed by atoms with Crippen molar-refractivity contribution in [1.82, 2.24) is 0 Å². The zero-order chi connectivity index (χ0) is 16.5. The third kappa shape index (κ3) is 7.59. The first-order chi connectivity index (χ1) is 11.2. The monoisotopic (exact) mass is 397 g/mol. The summed E-state index contributed by atoms with van der Waals surface area (Å²) in [5, 5.41) is 22.2. The van der Waals surface area contributed by atoms with Crippen molar-refractivity contribution in [2.45, 2.75) is 74.1 Å². The second kappa shape index (κ2) is 11.8. The second-order valence-electron chi connectivity index (χ2n) is 6.57. The van der Waals surface area contributed by atoms with Crippen molar-refractivity contribution in [3.05, 3.63) is 0 Å². The van der Waals surface area contributed by atoms with Gasteiger partial charge in [0.1, 0.15) is 0 Å². The molecular weight excluding hydrogens is 366 g/mol. The van der Waals surface area contributed by atoms with E-state index in [1.165, 1.54) is 30.8 Å². The summed E-state index contributed by atoms with van der Waals surface area (Å²) in [4.78, 5) is 0. The molecule has 0 aromatic heterocycles. The van der Waals surface area contributed by atoms with E-state index in [2.05, 4.69) is 0 Å². The van der Waals surface area contributed by atoms with Gasteiger partial charge in [-0.25, -0.2) is 0 Å². The lowest BCUT2D eigenvalue weighted by Gasteiger charge is -2.26. The Kier molecular flexibility index (Phi) is 10.6. The minimum atomic E-state index is -0.656. The third-order valence-corrected chi connectivity index (χ3v) is 10.8. The Balaban J connectivity index is 1.60. The summed E-state index contributed by atoms with van der Waals surface area (Å²) in [5.41, 5.74) is 5.85. The molecule has 0 bridgehead atoms. The van der Waals surface area contributed by atoms with Crippen molar-refractivity contribution in [1.29, 1.82) is 0 Å². The molecule has 136 valence electrons. The van der Waals surface area contributed by atoms with Gasteiger partial charge in [0.2, 0.25) is 0 Å². The molecule has 23 heavy (non-hydrogen) atoms. The summed E-state index contributed by atoms with van der Waals surface area (Å²) in [6.45, 7) is 0.472. The van der Waals surface area contributed by atoms with E-state index < -0.39 is 12.2 Å². The predicted molar refractivity (Wildman–Crippen MR) is 109 cm³/mol. The molecule has 3 nitrogen and oxygen atoms in total. The topological polar surface area (TPSA) is 66.5 Å². The van der Waals surface area contributed by atoms with Crippen LogP contribution in [-0.2, 0) is 0 Å². The fraction of sp³-hybridized carbons (Fsp3) is 1.00. The Labute approximate surface area is 156 Å². The summed E-state index contributed by atoms with van der Waals surface area (Å²) in [7, 11) is 7.93. The second-order valence-corrected chi connectivity index (χ2v) is 12.1. The quantitative estimate of drug-likeness (QED) is 0.456. The molecular formula is C16H31NO2S4. The summed E-state index contributed by atoms with van der Waals surface area (Å²) < 4.78 is 0. The van der Waals surface area contributed by atoms with E-state index in [9.17, 15) is 10.2 Å². The fourth-order valence-electron chi connectivity index (χ4n) is 3.20. The van der Waals surface area contributed by atoms with Crippen LogP contribution in [0, 0.1) is 5.92 Å². The van der Waals surface area contributed by atoms with E-state index in [-0.39, 0.29) is 5.92 Å². The van der Waals surface area contributed by atoms with Gasteiger partial charge in [-0.15, -0.1) is 0 Å². The fourth-order valence-corrected chi connectivity index (χ4v) is 9.26. The maximum absolute atomic E-state index is 10.4. The van der Waals surface area contributed by atoms with E-state index in [4.69, 9.17) is 5.73 Å². The van der Waals surface area contributed by atoms with Gasteiger partial charge in [-0.05, 0) is 57.4 Å². The van der Waals surface area contributed by atoms with Crippen LogP contribution in [0.5, 0.6) is 0 Å². The maximum atomic E-state index is 10.4. The van der Waals surface area contributed by atoms with Gasteiger partial charge in [0.15, 0.2) is 0 Å². The van der Waals surface area contributed by atoms with Crippen molar-refractivity contribution in [3.8, 4) is 0 Å². The molecule has 2 saturated heterocycles. The molecule has 0 aromatic carbocycles. The Morgan fingerprint density at radius 1 is 0.913 bits per heavy atom. The van der Waals surface area contributed by atoms with E-state index in [1.807, 2.05) is 43.2 Å². The molecule has 2 heterocycles. The predicted octanol–water partition coefficient (Wildman–Crippen LogP) is 3.93. The lowest BCUT2D eigenvalue weighted by Crippen LogP contribution is -2.37. The summed E-state index contributed by atoms with van der Waals surface area (Å²) >= 11 is 0. The van der Waals surface area contributed by atoms with Gasteiger partial charge < -0.3 is 15.9 Å². The molecule has 5 atom stereocenters. The SMILES string of the molecule is NCC(CCCC1CCSS1)C(O)C(O)CCCC1CCSS1. The molecule has 0 spiro atoms. The first-order valence-electron chi connectivity index (χ1n) is 8.83. The molecule has 0 radical (unpaired) electrons. The molecule has 2 aliphatic heterocycles. The molecule has 0 amide bonds. The minimum absolute atomic E-state index is 0.0421. The number of rotatable bonds is 11. The maximum Gasteiger partial charge on any atom is 0.0839 e. The van der Waals surface area contributed by atoms with Crippen LogP contribution in [0.3, 0.4) is 0 Å². The van der Waals surface area contributed by atoms with Crippen molar-refractivity contribution < 1.29 is 10.2 Å². The number of hydrogen-bond acceptors (Lipinski definition) is 7. The Morgan fingerprint density at radius 3 is 1.96 bits per heavy atom. The van der Waals surface area contributed by atoms with Crippen molar-refractivity contribution in [2.24, 2.45) is 11.7 Å². The van der Waals surface area contributed by atoms with Crippen LogP contribution in [0.1, 0.15) is 51.4 Å². The zero-order valence-corrected chi connectivity index (χ0v) is 17.0. The molecule has 2 rings (SSSR count). The molecule has 0 aliphatic carbocycles. The van der Waals surface area contributed by atoms with Gasteiger partial charge in [0, 0.05) is 22.0 Å². The van der Waals surface area contributed by atoms with Crippen LogP contribution in [0.25, 0.3) is 0 Å². The number of nitrogens with two attached hydrogens (primary N) is 1. The standard InChI is InChI=1S/C16H31NO2S4/c17-11-12(3-1-4-13-7-9-20-22-13)16(19)15(18)6-2-5-14-8-10-21-23-14/h12-16,18-19H,1-11,17H2. The van der Waals surface area contributed by atoms with Gasteiger partial charge in [0.05, 0.1) is 12.2 Å². The van der Waals surface area contributed by atoms with Crippen LogP contribution in [0.4, 0.5) is 0 Å². The summed E-state index contributed by atoms with van der Waals surface area (Å²) in [5.74, 6) is 2.57. The van der Waals surface area contributed by atoms with Crippen LogP contribution < -0.4 is 5.73 Å². The smallest absolute Gasteiger partial charge is 0.0839 e. The zero-order valence-electron chi connectivity index (χ0n) is 13.8. The highest BCUT2D eigenvalue weighted by molar-refractivity contribution is 8.77. The van der Waals surface area contributed by atoms with E-state index in [0.717, 1.165) is 36.2 Å². The minimum Gasteiger partial charge on any atom is -0.390 e. The van der Waals surface area contributed by atoms with Crippen LogP contribution >= 0.6 is 43.2 Å². The number of aliphatic hydroxyl groups is 2. The number of aliphatic hydroxyl groups excluding tert-OH is 2. The van der Waals surface area contributed by atoms with Gasteiger partial charge in [-0.1, -0.05) is 49.6 Å². The van der Waals surface area contributed by atoms with E-state index >= 15 is 0 Å². The lowest BCUT2D eigenvalue weighted by molar-refractivity contribution is -0.0225. The molecule has 4 N–H and O–H groups in total. The Morgan fingerprint density at radius 2 is 1.48 bits per heavy atom. The normalized spacial score (nSPS) is 28.8. The first kappa shape index (κ1) is 20.6. The van der Waals surface area contributed by atoms with Crippen molar-refractivity contribution in [2.75, 3.05) is 18.1 Å². The van der Waals surface area contributed by atoms with Gasteiger partial charge >= 0.3 is 0 Å². The van der Waals surface area contributed by atoms with Gasteiger partial charge in [-0.2, -0.15) is 0 Å². The van der Waals surface area contributed by atoms with Crippen LogP contribution in [0.2, 0.25) is 0 Å². The highest BCUT2D eigenvalue weighted by Crippen LogP contribution is 2.41. The average molecular weight is 398 g/mol. The van der Waals surface area contributed by atoms with Crippen LogP contribution in [0.15, 0.2) is 0 Å². The van der Waals surface area contributed by atoms with Crippen molar-refractivity contribution >= 4 is 43.2 Å². The Hall–Kier alpha value is 1.28. The summed E-state index contributed by atoms with van der Waals surface area (Å²) in [6.07, 6.45) is 7.46. The number of hydrogen-bond donors (Lipinski definition) is 3. The molecule has 5 unspecified atom stereocenters. The molecule has 0 aromatic rings. The van der Waals surface area contributed by atoms with Crippen LogP contribution in [-0.4, -0.2) is 51.0 Å².